The highest BCUT2D eigenvalue weighted by molar-refractivity contribution is 5.90. The van der Waals surface area contributed by atoms with Crippen molar-refractivity contribution in [1.82, 2.24) is 19.8 Å². The molecule has 0 radical (unpaired) electrons. The highest BCUT2D eigenvalue weighted by atomic mass is 19.1. The number of carbonyl (C=O) groups excluding carboxylic acids is 1. The molecule has 2 aliphatic rings. The van der Waals surface area contributed by atoms with Crippen molar-refractivity contribution in [2.45, 2.75) is 51.2 Å². The molecule has 3 N–H and O–H groups in total. The molecule has 0 unspecified atom stereocenters. The number of fused-ring (bicyclic) bond motifs is 1. The van der Waals surface area contributed by atoms with E-state index in [0.29, 0.717) is 38.5 Å². The van der Waals surface area contributed by atoms with Crippen LogP contribution in [0.3, 0.4) is 0 Å². The number of nitrogens with two attached hydrogens (primary N) is 1. The third-order valence-electron chi connectivity index (χ3n) is 5.79. The van der Waals surface area contributed by atoms with Gasteiger partial charge in [-0.3, -0.25) is 9.69 Å². The van der Waals surface area contributed by atoms with Gasteiger partial charge in [-0.15, -0.1) is 0 Å². The van der Waals surface area contributed by atoms with Gasteiger partial charge in [-0.25, -0.2) is 13.8 Å². The number of hydrogen-bond acceptors (Lipinski definition) is 5. The van der Waals surface area contributed by atoms with Crippen molar-refractivity contribution >= 4 is 5.91 Å². The summed E-state index contributed by atoms with van der Waals surface area (Å²) in [7, 11) is 1.59. The van der Waals surface area contributed by atoms with E-state index < -0.39 is 23.8 Å². The molecule has 1 saturated heterocycles. The summed E-state index contributed by atoms with van der Waals surface area (Å²) in [6, 6.07) is 2.93. The van der Waals surface area contributed by atoms with Crippen molar-refractivity contribution in [2.24, 2.45) is 5.73 Å². The minimum atomic E-state index is -0.672. The van der Waals surface area contributed by atoms with Crippen molar-refractivity contribution in [3.63, 3.8) is 0 Å². The average molecular weight is 405 g/mol. The van der Waals surface area contributed by atoms with Gasteiger partial charge in [-0.1, -0.05) is 0 Å². The first-order chi connectivity index (χ1) is 13.9. The maximum Gasteiger partial charge on any atom is 0.287 e. The fourth-order valence-corrected chi connectivity index (χ4v) is 4.32. The number of nitrogens with zero attached hydrogens (tertiary/aromatic N) is 3. The maximum absolute atomic E-state index is 14.1. The predicted octanol–water partition coefficient (Wildman–Crippen LogP) is 1.71. The molecule has 0 aliphatic carbocycles. The van der Waals surface area contributed by atoms with Crippen LogP contribution < -0.4 is 11.1 Å². The first-order valence-corrected chi connectivity index (χ1v) is 9.79. The Bertz CT molecular complexity index is 932. The summed E-state index contributed by atoms with van der Waals surface area (Å²) in [6.45, 7) is 4.25. The molecule has 4 rings (SSSR count). The molecule has 156 valence electrons. The molecule has 1 amide bonds. The van der Waals surface area contributed by atoms with Crippen molar-refractivity contribution in [1.29, 1.82) is 0 Å². The highest BCUT2D eigenvalue weighted by Gasteiger charge is 2.38. The van der Waals surface area contributed by atoms with Crippen molar-refractivity contribution in [3.05, 3.63) is 52.6 Å². The number of aromatic nitrogens is 2. The van der Waals surface area contributed by atoms with Gasteiger partial charge in [0.15, 0.2) is 5.82 Å². The Kier molecular flexibility index (Phi) is 5.37. The van der Waals surface area contributed by atoms with Crippen LogP contribution >= 0.6 is 0 Å². The molecule has 1 aromatic heterocycles. The zero-order valence-electron chi connectivity index (χ0n) is 16.5. The van der Waals surface area contributed by atoms with Gasteiger partial charge in [-0.05, 0) is 31.5 Å². The standard InChI is InChI=1S/C20H25F2N5O2/c1-3-27-17-9-26(8-16(17)25-19(27)20(28)24-2)12-7-15(23)18(29-10-12)13-6-11(21)4-5-14(13)22/h4-6,12,15,18H,3,7-10,23H2,1-2H3,(H,24,28)/t12-,15+,18-/m1/s1. The van der Waals surface area contributed by atoms with Gasteiger partial charge in [0.05, 0.1) is 18.0 Å². The van der Waals surface area contributed by atoms with Gasteiger partial charge < -0.3 is 20.4 Å². The molecule has 2 aromatic rings. The minimum Gasteiger partial charge on any atom is -0.370 e. The fraction of sp³-hybridized carbons (Fsp3) is 0.500. The molecule has 3 atom stereocenters. The number of amides is 1. The third-order valence-corrected chi connectivity index (χ3v) is 5.79. The van der Waals surface area contributed by atoms with Gasteiger partial charge in [-0.2, -0.15) is 0 Å². The van der Waals surface area contributed by atoms with E-state index in [1.165, 1.54) is 0 Å². The third kappa shape index (κ3) is 3.54. The van der Waals surface area contributed by atoms with Crippen molar-refractivity contribution < 1.29 is 18.3 Å². The van der Waals surface area contributed by atoms with Crippen LogP contribution in [-0.2, 0) is 24.4 Å². The van der Waals surface area contributed by atoms with Crippen LogP contribution in [-0.4, -0.2) is 46.1 Å². The molecule has 2 aliphatic heterocycles. The lowest BCUT2D eigenvalue weighted by atomic mass is 9.93. The van der Waals surface area contributed by atoms with Crippen molar-refractivity contribution in [2.75, 3.05) is 13.7 Å². The van der Waals surface area contributed by atoms with E-state index in [1.54, 1.807) is 7.05 Å². The quantitative estimate of drug-likeness (QED) is 0.809. The first-order valence-electron chi connectivity index (χ1n) is 9.79. The van der Waals surface area contributed by atoms with Gasteiger partial charge in [0, 0.05) is 44.3 Å². The second-order valence-electron chi connectivity index (χ2n) is 7.53. The number of ether oxygens (including phenoxy) is 1. The van der Waals surface area contributed by atoms with E-state index in [4.69, 9.17) is 10.5 Å². The van der Waals surface area contributed by atoms with E-state index >= 15 is 0 Å². The summed E-state index contributed by atoms with van der Waals surface area (Å²) < 4.78 is 35.5. The Morgan fingerprint density at radius 3 is 2.86 bits per heavy atom. The smallest absolute Gasteiger partial charge is 0.287 e. The molecule has 1 aromatic carbocycles. The van der Waals surface area contributed by atoms with E-state index in [2.05, 4.69) is 15.2 Å². The number of rotatable bonds is 4. The lowest BCUT2D eigenvalue weighted by Gasteiger charge is -2.38. The molecular weight excluding hydrogens is 380 g/mol. The Labute approximate surface area is 167 Å². The number of benzene rings is 1. The molecule has 3 heterocycles. The minimum absolute atomic E-state index is 0.0424. The van der Waals surface area contributed by atoms with E-state index in [1.807, 2.05) is 11.5 Å². The number of halogens is 2. The van der Waals surface area contributed by atoms with E-state index in [9.17, 15) is 13.6 Å². The van der Waals surface area contributed by atoms with Gasteiger partial charge in [0.2, 0.25) is 0 Å². The first kappa shape index (κ1) is 19.9. The van der Waals surface area contributed by atoms with Crippen molar-refractivity contribution in [3.8, 4) is 0 Å². The Morgan fingerprint density at radius 2 is 2.17 bits per heavy atom. The summed E-state index contributed by atoms with van der Waals surface area (Å²) in [5.41, 5.74) is 8.37. The summed E-state index contributed by atoms with van der Waals surface area (Å²) in [5, 5.41) is 2.62. The summed E-state index contributed by atoms with van der Waals surface area (Å²) in [5.74, 6) is -0.792. The van der Waals surface area contributed by atoms with Crippen LogP contribution in [0.5, 0.6) is 0 Å². The van der Waals surface area contributed by atoms with E-state index in [-0.39, 0.29) is 17.5 Å². The number of nitrogens with one attached hydrogen (secondary N) is 1. The van der Waals surface area contributed by atoms with Gasteiger partial charge in [0.1, 0.15) is 17.7 Å². The number of hydrogen-bond donors (Lipinski definition) is 2. The molecule has 9 heteroatoms. The molecule has 0 bridgehead atoms. The van der Waals surface area contributed by atoms with Crippen LogP contribution in [0.4, 0.5) is 8.78 Å². The SMILES string of the molecule is CCn1c(C(=O)NC)nc2c1CN([C@H]1CO[C@H](c3cc(F)ccc3F)[C@@H](N)C1)C2. The zero-order chi connectivity index (χ0) is 20.7. The largest absolute Gasteiger partial charge is 0.370 e. The number of carbonyl (C=O) groups is 1. The highest BCUT2D eigenvalue weighted by Crippen LogP contribution is 2.34. The summed E-state index contributed by atoms with van der Waals surface area (Å²) in [4.78, 5) is 18.8. The molecular formula is C20H25F2N5O2. The van der Waals surface area contributed by atoms with Crippen LogP contribution in [0.2, 0.25) is 0 Å². The monoisotopic (exact) mass is 405 g/mol. The molecule has 7 nitrogen and oxygen atoms in total. The molecule has 1 fully saturated rings. The van der Waals surface area contributed by atoms with Crippen LogP contribution in [0.15, 0.2) is 18.2 Å². The Hall–Kier alpha value is -2.36. The molecule has 0 spiro atoms. The van der Waals surface area contributed by atoms with Gasteiger partial charge >= 0.3 is 0 Å². The Balaban J connectivity index is 1.47. The van der Waals surface area contributed by atoms with Gasteiger partial charge in [0.25, 0.3) is 5.91 Å². The van der Waals surface area contributed by atoms with Crippen LogP contribution in [0.25, 0.3) is 0 Å². The molecule has 0 saturated carbocycles. The predicted molar refractivity (Wildman–Crippen MR) is 102 cm³/mol. The maximum atomic E-state index is 14.1. The zero-order valence-corrected chi connectivity index (χ0v) is 16.5. The summed E-state index contributed by atoms with van der Waals surface area (Å²) >= 11 is 0. The number of imidazole rings is 1. The average Bonchev–Trinajstić information content (AvgIpc) is 3.27. The lowest BCUT2D eigenvalue weighted by Crippen LogP contribution is -2.48. The normalized spacial score (nSPS) is 24.5. The summed E-state index contributed by atoms with van der Waals surface area (Å²) in [6.07, 6.45) is -0.0753. The van der Waals surface area contributed by atoms with E-state index in [0.717, 1.165) is 29.6 Å². The van der Waals surface area contributed by atoms with Crippen LogP contribution in [0.1, 0.15) is 47.0 Å². The Morgan fingerprint density at radius 1 is 1.38 bits per heavy atom. The second kappa shape index (κ2) is 7.81. The molecule has 29 heavy (non-hydrogen) atoms. The fourth-order valence-electron chi connectivity index (χ4n) is 4.32. The lowest BCUT2D eigenvalue weighted by molar-refractivity contribution is -0.0535. The second-order valence-corrected chi connectivity index (χ2v) is 7.53. The topological polar surface area (TPSA) is 85.4 Å². The van der Waals surface area contributed by atoms with Crippen LogP contribution in [0, 0.1) is 11.6 Å².